The Morgan fingerprint density at radius 1 is 0.806 bits per heavy atom. The van der Waals surface area contributed by atoms with Crippen LogP contribution < -0.4 is 0 Å². The first-order chi connectivity index (χ1) is 14.9. The summed E-state index contributed by atoms with van der Waals surface area (Å²) in [5.74, 6) is -1.99. The minimum Gasteiger partial charge on any atom is -0.338 e. The van der Waals surface area contributed by atoms with E-state index in [2.05, 4.69) is 0 Å². The molecule has 8 heteroatoms. The highest BCUT2D eigenvalue weighted by molar-refractivity contribution is 6.35. The van der Waals surface area contributed by atoms with Crippen molar-refractivity contribution in [2.75, 3.05) is 26.2 Å². The lowest BCUT2D eigenvalue weighted by Gasteiger charge is -2.42. The molecular weight excluding hydrogens is 404 g/mol. The number of piperidine rings is 1. The summed E-state index contributed by atoms with van der Waals surface area (Å²) in [5, 5.41) is 0. The largest absolute Gasteiger partial charge is 0.338 e. The van der Waals surface area contributed by atoms with Gasteiger partial charge >= 0.3 is 11.8 Å². The molecule has 2 aromatic carbocycles. The van der Waals surface area contributed by atoms with Gasteiger partial charge in [-0.2, -0.15) is 0 Å². The Morgan fingerprint density at radius 2 is 1.39 bits per heavy atom. The van der Waals surface area contributed by atoms with E-state index in [4.69, 9.17) is 0 Å². The van der Waals surface area contributed by atoms with Crippen molar-refractivity contribution in [3.8, 4) is 0 Å². The Labute approximate surface area is 179 Å². The third-order valence-electron chi connectivity index (χ3n) is 5.91. The predicted octanol–water partition coefficient (Wildman–Crippen LogP) is 2.44. The van der Waals surface area contributed by atoms with Crippen LogP contribution >= 0.6 is 0 Å². The topological polar surface area (TPSA) is 60.9 Å². The van der Waals surface area contributed by atoms with E-state index in [9.17, 15) is 23.2 Å². The Bertz CT molecular complexity index is 971. The van der Waals surface area contributed by atoms with E-state index in [-0.39, 0.29) is 24.3 Å². The van der Waals surface area contributed by atoms with Gasteiger partial charge in [0.25, 0.3) is 5.91 Å². The molecule has 0 saturated carbocycles. The van der Waals surface area contributed by atoms with Crippen LogP contribution in [0.2, 0.25) is 0 Å². The Morgan fingerprint density at radius 3 is 2.00 bits per heavy atom. The standard InChI is InChI=1S/C23H23F2N3O3/c24-18-5-1-16(2-6-18)15-27-13-14-28(23(31)22(27)30)20-9-11-26(12-10-20)21(29)17-3-7-19(25)8-4-17/h1-8,20H,9-15H2. The number of amides is 3. The van der Waals surface area contributed by atoms with Crippen molar-refractivity contribution in [3.63, 3.8) is 0 Å². The summed E-state index contributed by atoms with van der Waals surface area (Å²) in [6, 6.07) is 11.2. The van der Waals surface area contributed by atoms with E-state index < -0.39 is 17.6 Å². The number of hydrogen-bond donors (Lipinski definition) is 0. The zero-order chi connectivity index (χ0) is 22.0. The lowest BCUT2D eigenvalue weighted by molar-refractivity contribution is -0.158. The first-order valence-electron chi connectivity index (χ1n) is 10.3. The molecule has 162 valence electrons. The summed E-state index contributed by atoms with van der Waals surface area (Å²) < 4.78 is 26.1. The molecule has 2 fully saturated rings. The number of carbonyl (C=O) groups is 3. The minimum atomic E-state index is -0.555. The second-order valence-corrected chi connectivity index (χ2v) is 7.88. The quantitative estimate of drug-likeness (QED) is 0.705. The van der Waals surface area contributed by atoms with Gasteiger partial charge in [0.1, 0.15) is 11.6 Å². The summed E-state index contributed by atoms with van der Waals surface area (Å²) in [7, 11) is 0. The maximum absolute atomic E-state index is 13.1. The smallest absolute Gasteiger partial charge is 0.312 e. The van der Waals surface area contributed by atoms with E-state index in [0.29, 0.717) is 44.6 Å². The fourth-order valence-electron chi connectivity index (χ4n) is 4.15. The van der Waals surface area contributed by atoms with Gasteiger partial charge in [-0.15, -0.1) is 0 Å². The van der Waals surface area contributed by atoms with Crippen LogP contribution in [0.25, 0.3) is 0 Å². The maximum Gasteiger partial charge on any atom is 0.312 e. The molecule has 0 unspecified atom stereocenters. The second-order valence-electron chi connectivity index (χ2n) is 7.88. The molecule has 4 rings (SSSR count). The number of benzene rings is 2. The van der Waals surface area contributed by atoms with E-state index in [0.717, 1.165) is 5.56 Å². The van der Waals surface area contributed by atoms with Crippen molar-refractivity contribution in [3.05, 3.63) is 71.3 Å². The van der Waals surface area contributed by atoms with Crippen LogP contribution in [0.5, 0.6) is 0 Å². The average Bonchev–Trinajstić information content (AvgIpc) is 2.79. The number of likely N-dealkylation sites (tertiary alicyclic amines) is 1. The highest BCUT2D eigenvalue weighted by Gasteiger charge is 2.38. The van der Waals surface area contributed by atoms with Crippen LogP contribution in [0.1, 0.15) is 28.8 Å². The van der Waals surface area contributed by atoms with Gasteiger partial charge in [0, 0.05) is 44.3 Å². The van der Waals surface area contributed by atoms with Crippen molar-refractivity contribution < 1.29 is 23.2 Å². The van der Waals surface area contributed by atoms with Gasteiger partial charge in [-0.25, -0.2) is 8.78 Å². The molecule has 0 spiro atoms. The third kappa shape index (κ3) is 4.57. The van der Waals surface area contributed by atoms with Gasteiger partial charge in [-0.1, -0.05) is 12.1 Å². The Hall–Kier alpha value is -3.29. The van der Waals surface area contributed by atoms with Gasteiger partial charge in [0.2, 0.25) is 0 Å². The van der Waals surface area contributed by atoms with E-state index in [1.807, 2.05) is 0 Å². The third-order valence-corrected chi connectivity index (χ3v) is 5.91. The normalized spacial score (nSPS) is 17.9. The van der Waals surface area contributed by atoms with E-state index in [1.165, 1.54) is 41.3 Å². The molecule has 0 N–H and O–H groups in total. The van der Waals surface area contributed by atoms with Gasteiger partial charge in [0.05, 0.1) is 0 Å². The zero-order valence-corrected chi connectivity index (χ0v) is 17.0. The van der Waals surface area contributed by atoms with Crippen molar-refractivity contribution in [1.29, 1.82) is 0 Å². The Balaban J connectivity index is 1.32. The van der Waals surface area contributed by atoms with Crippen LogP contribution in [0.4, 0.5) is 8.78 Å². The molecule has 0 bridgehead atoms. The molecular formula is C23H23F2N3O3. The molecule has 2 heterocycles. The number of piperazine rings is 1. The zero-order valence-electron chi connectivity index (χ0n) is 17.0. The molecule has 3 amide bonds. The molecule has 0 aliphatic carbocycles. The fraction of sp³-hybridized carbons (Fsp3) is 0.348. The summed E-state index contributed by atoms with van der Waals surface area (Å²) in [5.41, 5.74) is 1.20. The fourth-order valence-corrected chi connectivity index (χ4v) is 4.15. The highest BCUT2D eigenvalue weighted by atomic mass is 19.1. The van der Waals surface area contributed by atoms with Crippen LogP contribution in [-0.4, -0.2) is 64.6 Å². The molecule has 0 atom stereocenters. The number of carbonyl (C=O) groups excluding carboxylic acids is 3. The Kier molecular flexibility index (Phi) is 5.97. The summed E-state index contributed by atoms with van der Waals surface area (Å²) >= 11 is 0. The highest BCUT2D eigenvalue weighted by Crippen LogP contribution is 2.22. The van der Waals surface area contributed by atoms with E-state index >= 15 is 0 Å². The molecule has 2 saturated heterocycles. The molecule has 6 nitrogen and oxygen atoms in total. The predicted molar refractivity (Wildman–Crippen MR) is 109 cm³/mol. The first-order valence-corrected chi connectivity index (χ1v) is 10.3. The maximum atomic E-state index is 13.1. The molecule has 2 aliphatic rings. The van der Waals surface area contributed by atoms with Crippen LogP contribution in [0, 0.1) is 11.6 Å². The van der Waals surface area contributed by atoms with Gasteiger partial charge in [-0.3, -0.25) is 14.4 Å². The molecule has 0 aromatic heterocycles. The summed E-state index contributed by atoms with van der Waals surface area (Å²) in [6.45, 7) is 2.05. The molecule has 2 aliphatic heterocycles. The second kappa shape index (κ2) is 8.83. The molecule has 31 heavy (non-hydrogen) atoms. The van der Waals surface area contributed by atoms with Crippen molar-refractivity contribution >= 4 is 17.7 Å². The van der Waals surface area contributed by atoms with Crippen LogP contribution in [0.15, 0.2) is 48.5 Å². The van der Waals surface area contributed by atoms with Gasteiger partial charge in [-0.05, 0) is 54.8 Å². The summed E-state index contributed by atoms with van der Waals surface area (Å²) in [4.78, 5) is 42.7. The van der Waals surface area contributed by atoms with Crippen molar-refractivity contribution in [1.82, 2.24) is 14.7 Å². The first kappa shape index (κ1) is 21.0. The number of rotatable bonds is 4. The molecule has 0 radical (unpaired) electrons. The average molecular weight is 427 g/mol. The van der Waals surface area contributed by atoms with E-state index in [1.54, 1.807) is 21.9 Å². The van der Waals surface area contributed by atoms with Crippen LogP contribution in [0.3, 0.4) is 0 Å². The van der Waals surface area contributed by atoms with Crippen molar-refractivity contribution in [2.24, 2.45) is 0 Å². The van der Waals surface area contributed by atoms with Gasteiger partial charge < -0.3 is 14.7 Å². The number of hydrogen-bond acceptors (Lipinski definition) is 3. The summed E-state index contributed by atoms with van der Waals surface area (Å²) in [6.07, 6.45) is 1.17. The minimum absolute atomic E-state index is 0.0957. The molecule has 2 aromatic rings. The SMILES string of the molecule is O=C1C(=O)N(C2CCN(C(=O)c3ccc(F)cc3)CC2)CCN1Cc1ccc(F)cc1. The van der Waals surface area contributed by atoms with Crippen LogP contribution in [-0.2, 0) is 16.1 Å². The number of nitrogens with zero attached hydrogens (tertiary/aromatic N) is 3. The van der Waals surface area contributed by atoms with Crippen molar-refractivity contribution in [2.45, 2.75) is 25.4 Å². The monoisotopic (exact) mass is 427 g/mol. The number of halogens is 2. The lowest BCUT2D eigenvalue weighted by Crippen LogP contribution is -2.59. The lowest BCUT2D eigenvalue weighted by atomic mass is 10.0. The van der Waals surface area contributed by atoms with Gasteiger partial charge in [0.15, 0.2) is 0 Å².